The van der Waals surface area contributed by atoms with E-state index in [1.807, 2.05) is 0 Å². The normalized spacial score (nSPS) is 10.8. The standard InChI is InChI=1S/C21H16.C21H28.C17H16.2C15H12.C14H14.C11H10/c1-15-17-11-5-7-13-19(17)21(16-9-3-2-4-10-16)20-14-8-6-12-18(15)20;1-4-6-8-18-14-19(9-7-5-2)16-21(15-18)20-12-10-17(3)11-13-20;1-11-5-7-16-13(3)17-9-12(2)4-6-14(17)10-15(16)8-11;1-11-14-8-4-2-6-12(14)10-13-7-3-5-9-15(11)13;1-11-6-7-14-9-12-4-2-3-5-13(12)10-15(14)8-11;1-11-3-7-13(8-4-11)14-9-5-12(2)6-10-14;1-9-6-7-10-4-2-3-5-11(10)8-9/h2-14H,1H3;10-16H,4-9H2,1-3H3;4-10H,1-3H3;2*2-10H,1H3;3-10H,1-2H3;2-8H,1H3. The Labute approximate surface area is 678 Å². The highest BCUT2D eigenvalue weighted by molar-refractivity contribution is 6.15. The lowest BCUT2D eigenvalue weighted by Crippen LogP contribution is -1.92. The Balaban J connectivity index is 0.000000117. The van der Waals surface area contributed by atoms with E-state index < -0.39 is 0 Å². The van der Waals surface area contributed by atoms with Gasteiger partial charge in [0.25, 0.3) is 0 Å². The molecule has 0 aliphatic carbocycles. The first kappa shape index (κ1) is 79.6. The molecular formula is C114H108. The van der Waals surface area contributed by atoms with Gasteiger partial charge >= 0.3 is 0 Å². The molecule has 0 unspecified atom stereocenters. The molecule has 0 amide bonds. The number of hydrogen-bond donors (Lipinski definition) is 0. The molecule has 564 valence electrons. The molecule has 0 bridgehead atoms. The molecule has 19 aromatic carbocycles. The van der Waals surface area contributed by atoms with Gasteiger partial charge in [-0.05, 0) is 277 Å². The van der Waals surface area contributed by atoms with Gasteiger partial charge in [0.15, 0.2) is 0 Å². The summed E-state index contributed by atoms with van der Waals surface area (Å²) >= 11 is 0. The van der Waals surface area contributed by atoms with Crippen LogP contribution in [0.3, 0.4) is 0 Å². The summed E-state index contributed by atoms with van der Waals surface area (Å²) in [6, 6.07) is 131. The van der Waals surface area contributed by atoms with E-state index in [9.17, 15) is 0 Å². The largest absolute Gasteiger partial charge is 0.0654 e. The van der Waals surface area contributed by atoms with E-state index >= 15 is 0 Å². The van der Waals surface area contributed by atoms with Crippen molar-refractivity contribution in [3.63, 3.8) is 0 Å². The van der Waals surface area contributed by atoms with Gasteiger partial charge in [0, 0.05) is 0 Å². The molecule has 0 saturated carbocycles. The Morgan fingerprint density at radius 3 is 0.956 bits per heavy atom. The van der Waals surface area contributed by atoms with Crippen molar-refractivity contribution < 1.29 is 0 Å². The monoisotopic (exact) mass is 1480 g/mol. The molecule has 0 atom stereocenters. The average Bonchev–Trinajstić information content (AvgIpc) is 0.745. The molecule has 0 heteroatoms. The lowest BCUT2D eigenvalue weighted by Gasteiger charge is -2.15. The van der Waals surface area contributed by atoms with Gasteiger partial charge in [-0.1, -0.05) is 405 Å². The first-order valence-electron chi connectivity index (χ1n) is 41.0. The van der Waals surface area contributed by atoms with Gasteiger partial charge in [-0.3, -0.25) is 0 Å². The molecule has 0 saturated heterocycles. The van der Waals surface area contributed by atoms with Crippen molar-refractivity contribution >= 4 is 97.0 Å². The predicted molar refractivity (Wildman–Crippen MR) is 504 cm³/mol. The number of aryl methyl sites for hydroxylation is 12. The molecule has 0 N–H and O–H groups in total. The summed E-state index contributed by atoms with van der Waals surface area (Å²) in [5.41, 5.74) is 24.3. The van der Waals surface area contributed by atoms with E-state index in [1.165, 1.54) is 236 Å². The van der Waals surface area contributed by atoms with E-state index in [-0.39, 0.29) is 0 Å². The SMILES string of the molecule is CCCCc1cc(CCCC)cc(-c2ccc(C)cc2)c1.Cc1c2ccccc2c(-c2ccccc2)c2ccccc12.Cc1c2ccccc2cc2ccccc12.Cc1ccc(-c2ccc(C)cc2)cc1.Cc1ccc2c(C)c3cc(C)ccc3cc2c1.Cc1ccc2cc3ccccc3cc2c1.Cc1ccc2ccccc2c1. The van der Waals surface area contributed by atoms with Crippen LogP contribution in [0.5, 0.6) is 0 Å². The summed E-state index contributed by atoms with van der Waals surface area (Å²) in [5.74, 6) is 0. The minimum Gasteiger partial charge on any atom is -0.0654 e. The summed E-state index contributed by atoms with van der Waals surface area (Å²) in [6.07, 6.45) is 7.50. The van der Waals surface area contributed by atoms with Crippen molar-refractivity contribution in [2.45, 2.75) is 122 Å². The van der Waals surface area contributed by atoms with Gasteiger partial charge in [-0.15, -0.1) is 0 Å². The second-order valence-corrected chi connectivity index (χ2v) is 31.1. The predicted octanol–water partition coefficient (Wildman–Crippen LogP) is 33.0. The van der Waals surface area contributed by atoms with Crippen molar-refractivity contribution in [2.75, 3.05) is 0 Å². The Kier molecular flexibility index (Phi) is 26.6. The van der Waals surface area contributed by atoms with E-state index in [2.05, 4.69) is 447 Å². The number of hydrogen-bond acceptors (Lipinski definition) is 0. The van der Waals surface area contributed by atoms with E-state index in [0.717, 1.165) is 0 Å². The summed E-state index contributed by atoms with van der Waals surface area (Å²) < 4.78 is 0. The number of benzene rings is 19. The van der Waals surface area contributed by atoms with Crippen molar-refractivity contribution in [1.29, 1.82) is 0 Å². The molecule has 0 fully saturated rings. The van der Waals surface area contributed by atoms with Gasteiger partial charge in [0.05, 0.1) is 0 Å². The van der Waals surface area contributed by atoms with Crippen LogP contribution in [0, 0.1) is 69.2 Å². The highest BCUT2D eigenvalue weighted by atomic mass is 14.2. The van der Waals surface area contributed by atoms with Gasteiger partial charge in [-0.25, -0.2) is 0 Å². The minimum atomic E-state index is 1.20. The molecule has 19 rings (SSSR count). The van der Waals surface area contributed by atoms with Crippen LogP contribution in [0.15, 0.2) is 364 Å². The molecule has 0 aliphatic heterocycles. The first-order chi connectivity index (χ1) is 55.5. The minimum absolute atomic E-state index is 1.20. The average molecular weight is 1480 g/mol. The van der Waals surface area contributed by atoms with Crippen molar-refractivity contribution in [2.24, 2.45) is 0 Å². The molecule has 0 aromatic heterocycles. The summed E-state index contributed by atoms with van der Waals surface area (Å²) in [7, 11) is 0. The Bertz CT molecular complexity index is 6270. The molecule has 0 nitrogen and oxygen atoms in total. The molecule has 0 radical (unpaired) electrons. The van der Waals surface area contributed by atoms with E-state index in [0.29, 0.717) is 0 Å². The summed E-state index contributed by atoms with van der Waals surface area (Å²) in [4.78, 5) is 0. The van der Waals surface area contributed by atoms with Crippen LogP contribution in [-0.2, 0) is 12.8 Å². The van der Waals surface area contributed by atoms with E-state index in [4.69, 9.17) is 0 Å². The number of unbranched alkanes of at least 4 members (excludes halogenated alkanes) is 2. The Morgan fingerprint density at radius 1 is 0.167 bits per heavy atom. The molecular weight excluding hydrogens is 1370 g/mol. The third-order valence-corrected chi connectivity index (χ3v) is 22.1. The Hall–Kier alpha value is -12.5. The highest BCUT2D eigenvalue weighted by Gasteiger charge is 2.13. The third-order valence-electron chi connectivity index (χ3n) is 22.1. The van der Waals surface area contributed by atoms with Crippen LogP contribution >= 0.6 is 0 Å². The van der Waals surface area contributed by atoms with Crippen LogP contribution < -0.4 is 0 Å². The lowest BCUT2D eigenvalue weighted by atomic mass is 9.89. The summed E-state index contributed by atoms with van der Waals surface area (Å²) in [5, 5.41) is 24.1. The lowest BCUT2D eigenvalue weighted by molar-refractivity contribution is 0.781. The number of rotatable bonds is 9. The van der Waals surface area contributed by atoms with Gasteiger partial charge in [0.2, 0.25) is 0 Å². The molecule has 0 heterocycles. The molecule has 19 aromatic rings. The summed E-state index contributed by atoms with van der Waals surface area (Å²) in [6.45, 7) is 26.1. The number of fused-ring (bicyclic) bond motifs is 9. The Morgan fingerprint density at radius 2 is 0.465 bits per heavy atom. The van der Waals surface area contributed by atoms with Crippen molar-refractivity contribution in [3.05, 3.63) is 431 Å². The van der Waals surface area contributed by atoms with Crippen molar-refractivity contribution in [3.8, 4) is 33.4 Å². The maximum atomic E-state index is 2.42. The zero-order chi connectivity index (χ0) is 79.5. The van der Waals surface area contributed by atoms with Crippen molar-refractivity contribution in [1.82, 2.24) is 0 Å². The zero-order valence-corrected chi connectivity index (χ0v) is 68.9. The fourth-order valence-electron chi connectivity index (χ4n) is 15.7. The maximum absolute atomic E-state index is 2.42. The second-order valence-electron chi connectivity index (χ2n) is 31.1. The van der Waals surface area contributed by atoms with Crippen LogP contribution in [0.25, 0.3) is 130 Å². The van der Waals surface area contributed by atoms with E-state index in [1.54, 1.807) is 0 Å². The third kappa shape index (κ3) is 20.0. The fraction of sp³-hybridized carbons (Fsp3) is 0.158. The fourth-order valence-corrected chi connectivity index (χ4v) is 15.7. The van der Waals surface area contributed by atoms with Crippen LogP contribution in [0.2, 0.25) is 0 Å². The quantitative estimate of drug-likeness (QED) is 0.126. The first-order valence-corrected chi connectivity index (χ1v) is 41.0. The molecule has 0 aliphatic rings. The van der Waals surface area contributed by atoms with Crippen LogP contribution in [-0.4, -0.2) is 0 Å². The second kappa shape index (κ2) is 38.2. The van der Waals surface area contributed by atoms with Gasteiger partial charge in [0.1, 0.15) is 0 Å². The van der Waals surface area contributed by atoms with Crippen LogP contribution in [0.4, 0.5) is 0 Å². The topological polar surface area (TPSA) is 0 Å². The maximum Gasteiger partial charge on any atom is -0.00266 e. The van der Waals surface area contributed by atoms with Gasteiger partial charge < -0.3 is 0 Å². The van der Waals surface area contributed by atoms with Crippen LogP contribution in [0.1, 0.15) is 106 Å². The smallest absolute Gasteiger partial charge is 0.00266 e. The molecule has 0 spiro atoms. The molecule has 114 heavy (non-hydrogen) atoms. The zero-order valence-electron chi connectivity index (χ0n) is 68.9. The van der Waals surface area contributed by atoms with Gasteiger partial charge in [-0.2, -0.15) is 0 Å². The highest BCUT2D eigenvalue weighted by Crippen LogP contribution is 2.39.